The predicted octanol–water partition coefficient (Wildman–Crippen LogP) is 4.13. The van der Waals surface area contributed by atoms with Crippen molar-refractivity contribution in [1.29, 1.82) is 0 Å². The molecule has 0 atom stereocenters. The standard InChI is InChI=1S/C23H27ClN2O5S/c1-16-20(24)11-6-12-21(16)26(32(30,31)19-9-3-2-4-10-19)15-22(27)25-14-17-7-5-8-18(13-17)23(28)29/h5-8,11-13,19H,2-4,9-10,14-15H2,1H3,(H,25,27)(H,28,29). The first-order valence-corrected chi connectivity index (χ1v) is 12.4. The molecule has 0 unspecified atom stereocenters. The van der Waals surface area contributed by atoms with Gasteiger partial charge in [-0.1, -0.05) is 49.1 Å². The number of benzene rings is 2. The molecular formula is C23H27ClN2O5S. The zero-order valence-corrected chi connectivity index (χ0v) is 19.5. The second-order valence-electron chi connectivity index (χ2n) is 7.98. The summed E-state index contributed by atoms with van der Waals surface area (Å²) >= 11 is 6.24. The third-order valence-corrected chi connectivity index (χ3v) is 8.40. The van der Waals surface area contributed by atoms with Gasteiger partial charge in [0.05, 0.1) is 16.5 Å². The van der Waals surface area contributed by atoms with Crippen LogP contribution in [0, 0.1) is 6.92 Å². The molecule has 1 aliphatic rings. The number of anilines is 1. The molecule has 0 heterocycles. The van der Waals surface area contributed by atoms with E-state index in [-0.39, 0.29) is 18.7 Å². The molecule has 172 valence electrons. The van der Waals surface area contributed by atoms with E-state index in [1.807, 2.05) is 0 Å². The van der Waals surface area contributed by atoms with Gasteiger partial charge in [0, 0.05) is 11.6 Å². The van der Waals surface area contributed by atoms with Crippen LogP contribution >= 0.6 is 11.6 Å². The van der Waals surface area contributed by atoms with Gasteiger partial charge in [-0.25, -0.2) is 13.2 Å². The van der Waals surface area contributed by atoms with Crippen LogP contribution in [0.3, 0.4) is 0 Å². The summed E-state index contributed by atoms with van der Waals surface area (Å²) < 4.78 is 28.2. The SMILES string of the molecule is Cc1c(Cl)cccc1N(CC(=O)NCc1cccc(C(=O)O)c1)S(=O)(=O)C1CCCCC1. The Kier molecular flexibility index (Phi) is 7.79. The first-order chi connectivity index (χ1) is 15.2. The smallest absolute Gasteiger partial charge is 0.335 e. The minimum Gasteiger partial charge on any atom is -0.478 e. The number of sulfonamides is 1. The molecule has 0 aromatic heterocycles. The molecule has 7 nitrogen and oxygen atoms in total. The summed E-state index contributed by atoms with van der Waals surface area (Å²) in [5.74, 6) is -1.54. The molecule has 0 bridgehead atoms. The van der Waals surface area contributed by atoms with E-state index in [1.54, 1.807) is 37.3 Å². The van der Waals surface area contributed by atoms with Crippen LogP contribution in [-0.4, -0.2) is 37.2 Å². The van der Waals surface area contributed by atoms with E-state index in [2.05, 4.69) is 5.32 Å². The van der Waals surface area contributed by atoms with Gasteiger partial charge in [-0.15, -0.1) is 0 Å². The zero-order valence-electron chi connectivity index (χ0n) is 17.9. The summed E-state index contributed by atoms with van der Waals surface area (Å²) in [6.07, 6.45) is 3.85. The van der Waals surface area contributed by atoms with Crippen molar-refractivity contribution in [3.8, 4) is 0 Å². The van der Waals surface area contributed by atoms with Gasteiger partial charge in [0.15, 0.2) is 0 Å². The van der Waals surface area contributed by atoms with Gasteiger partial charge in [0.1, 0.15) is 6.54 Å². The third kappa shape index (κ3) is 5.61. The highest BCUT2D eigenvalue weighted by Crippen LogP contribution is 2.33. The number of rotatable bonds is 8. The molecule has 3 rings (SSSR count). The highest BCUT2D eigenvalue weighted by atomic mass is 35.5. The largest absolute Gasteiger partial charge is 0.478 e. The van der Waals surface area contributed by atoms with Crippen molar-refractivity contribution in [2.75, 3.05) is 10.8 Å². The lowest BCUT2D eigenvalue weighted by molar-refractivity contribution is -0.119. The summed E-state index contributed by atoms with van der Waals surface area (Å²) in [5, 5.41) is 11.7. The Hall–Kier alpha value is -2.58. The number of carboxylic acids is 1. The van der Waals surface area contributed by atoms with Crippen LogP contribution in [0.4, 0.5) is 5.69 Å². The van der Waals surface area contributed by atoms with Crippen molar-refractivity contribution in [3.63, 3.8) is 0 Å². The van der Waals surface area contributed by atoms with Crippen LogP contribution in [0.25, 0.3) is 0 Å². The fourth-order valence-electron chi connectivity index (χ4n) is 3.92. The van der Waals surface area contributed by atoms with E-state index in [1.165, 1.54) is 16.4 Å². The first kappa shape index (κ1) is 24.1. The number of carbonyl (C=O) groups is 2. The minimum absolute atomic E-state index is 0.0891. The number of hydrogen-bond acceptors (Lipinski definition) is 4. The Morgan fingerprint density at radius 2 is 1.81 bits per heavy atom. The Morgan fingerprint density at radius 1 is 1.12 bits per heavy atom. The van der Waals surface area contributed by atoms with Crippen molar-refractivity contribution in [1.82, 2.24) is 5.32 Å². The van der Waals surface area contributed by atoms with Gasteiger partial charge in [-0.2, -0.15) is 0 Å². The second kappa shape index (κ2) is 10.4. The van der Waals surface area contributed by atoms with Crippen LogP contribution in [0.2, 0.25) is 5.02 Å². The van der Waals surface area contributed by atoms with Gasteiger partial charge in [0.25, 0.3) is 0 Å². The monoisotopic (exact) mass is 478 g/mol. The fraction of sp³-hybridized carbons (Fsp3) is 0.391. The van der Waals surface area contributed by atoms with E-state index in [0.717, 1.165) is 19.3 Å². The van der Waals surface area contributed by atoms with Crippen LogP contribution < -0.4 is 9.62 Å². The predicted molar refractivity (Wildman–Crippen MR) is 125 cm³/mol. The van der Waals surface area contributed by atoms with Gasteiger partial charge in [-0.05, 0) is 55.2 Å². The normalized spacial score (nSPS) is 14.7. The number of carboxylic acid groups (broad SMARTS) is 1. The minimum atomic E-state index is -3.78. The molecule has 1 amide bonds. The molecule has 0 radical (unpaired) electrons. The Balaban J connectivity index is 1.82. The van der Waals surface area contributed by atoms with E-state index >= 15 is 0 Å². The van der Waals surface area contributed by atoms with Crippen molar-refractivity contribution in [3.05, 3.63) is 64.2 Å². The van der Waals surface area contributed by atoms with Crippen molar-refractivity contribution in [2.24, 2.45) is 0 Å². The van der Waals surface area contributed by atoms with Gasteiger partial charge in [0.2, 0.25) is 15.9 Å². The lowest BCUT2D eigenvalue weighted by atomic mass is 10.0. The Morgan fingerprint density at radius 3 is 2.50 bits per heavy atom. The number of aromatic carboxylic acids is 1. The highest BCUT2D eigenvalue weighted by molar-refractivity contribution is 7.93. The first-order valence-electron chi connectivity index (χ1n) is 10.6. The maximum absolute atomic E-state index is 13.5. The number of carbonyl (C=O) groups excluding carboxylic acids is 1. The Bertz CT molecular complexity index is 1100. The molecular weight excluding hydrogens is 452 g/mol. The molecule has 1 aliphatic carbocycles. The summed E-state index contributed by atoms with van der Waals surface area (Å²) in [6, 6.07) is 11.2. The molecule has 2 aromatic rings. The van der Waals surface area contributed by atoms with Crippen molar-refractivity contribution < 1.29 is 23.1 Å². The lowest BCUT2D eigenvalue weighted by Gasteiger charge is -2.31. The number of hydrogen-bond donors (Lipinski definition) is 2. The van der Waals surface area contributed by atoms with E-state index in [0.29, 0.717) is 34.7 Å². The average molecular weight is 479 g/mol. The average Bonchev–Trinajstić information content (AvgIpc) is 2.79. The number of nitrogens with one attached hydrogen (secondary N) is 1. The van der Waals surface area contributed by atoms with Crippen LogP contribution in [0.1, 0.15) is 53.6 Å². The van der Waals surface area contributed by atoms with Crippen molar-refractivity contribution in [2.45, 2.75) is 50.8 Å². The third-order valence-electron chi connectivity index (χ3n) is 5.74. The molecule has 0 aliphatic heterocycles. The highest BCUT2D eigenvalue weighted by Gasteiger charge is 2.35. The molecule has 1 saturated carbocycles. The second-order valence-corrected chi connectivity index (χ2v) is 10.5. The lowest BCUT2D eigenvalue weighted by Crippen LogP contribution is -2.45. The molecule has 2 N–H and O–H groups in total. The van der Waals surface area contributed by atoms with Gasteiger partial charge >= 0.3 is 5.97 Å². The molecule has 9 heteroatoms. The van der Waals surface area contributed by atoms with E-state index < -0.39 is 27.1 Å². The van der Waals surface area contributed by atoms with Crippen LogP contribution in [0.5, 0.6) is 0 Å². The fourth-order valence-corrected chi connectivity index (χ4v) is 6.15. The van der Waals surface area contributed by atoms with Crippen LogP contribution in [-0.2, 0) is 21.4 Å². The molecule has 0 saturated heterocycles. The Labute approximate surface area is 193 Å². The number of nitrogens with zero attached hydrogens (tertiary/aromatic N) is 1. The zero-order chi connectivity index (χ0) is 23.3. The topological polar surface area (TPSA) is 104 Å². The summed E-state index contributed by atoms with van der Waals surface area (Å²) in [7, 11) is -3.78. The van der Waals surface area contributed by atoms with Gasteiger partial charge in [-0.3, -0.25) is 9.10 Å². The molecule has 1 fully saturated rings. The summed E-state index contributed by atoms with van der Waals surface area (Å²) in [4.78, 5) is 23.9. The number of amides is 1. The number of halogens is 1. The quantitative estimate of drug-likeness (QED) is 0.593. The maximum atomic E-state index is 13.5. The van der Waals surface area contributed by atoms with Gasteiger partial charge < -0.3 is 10.4 Å². The molecule has 0 spiro atoms. The van der Waals surface area contributed by atoms with E-state index in [4.69, 9.17) is 16.7 Å². The summed E-state index contributed by atoms with van der Waals surface area (Å²) in [5.41, 5.74) is 1.72. The molecule has 2 aromatic carbocycles. The molecule has 32 heavy (non-hydrogen) atoms. The summed E-state index contributed by atoms with van der Waals surface area (Å²) in [6.45, 7) is 1.45. The maximum Gasteiger partial charge on any atom is 0.335 e. The van der Waals surface area contributed by atoms with Crippen LogP contribution in [0.15, 0.2) is 42.5 Å². The van der Waals surface area contributed by atoms with E-state index in [9.17, 15) is 18.0 Å². The van der Waals surface area contributed by atoms with Crippen molar-refractivity contribution >= 4 is 39.2 Å².